The zero-order valence-corrected chi connectivity index (χ0v) is 19.0. The average molecular weight is 494 g/mol. The molecule has 0 saturated heterocycles. The second-order valence-electron chi connectivity index (χ2n) is 6.87. The third-order valence-electron chi connectivity index (χ3n) is 4.42. The van der Waals surface area contributed by atoms with Crippen LogP contribution in [0.5, 0.6) is 0 Å². The molecule has 0 spiro atoms. The van der Waals surface area contributed by atoms with Crippen LogP contribution in [0.4, 0.5) is 17.1 Å². The largest absolute Gasteiger partial charge is 0.411 e. The van der Waals surface area contributed by atoms with E-state index in [1.807, 2.05) is 36.4 Å². The number of nitro benzene ring substituents is 1. The lowest BCUT2D eigenvalue weighted by Gasteiger charge is -2.03. The van der Waals surface area contributed by atoms with Crippen molar-refractivity contribution in [2.45, 2.75) is 5.22 Å². The van der Waals surface area contributed by atoms with Crippen LogP contribution in [0.1, 0.15) is 5.56 Å². The number of hydrogen-bond donors (Lipinski definition) is 1. The van der Waals surface area contributed by atoms with Crippen LogP contribution in [0.3, 0.4) is 0 Å². The van der Waals surface area contributed by atoms with Gasteiger partial charge in [-0.25, -0.2) is 0 Å². The van der Waals surface area contributed by atoms with Gasteiger partial charge >= 0.3 is 0 Å². The maximum absolute atomic E-state index is 12.2. The standard InChI is InChI=1S/C23H16ClN5O4S/c24-17-8-4-15(5-9-17)13-25-18-10-6-16(7-11-18)22-27-28-23(33-22)34-14-21(30)26-19-2-1-3-20(12-19)29(31)32/h1-13H,14H2,(H,26,30). The van der Waals surface area contributed by atoms with Gasteiger partial charge in [0.25, 0.3) is 10.9 Å². The van der Waals surface area contributed by atoms with E-state index < -0.39 is 4.92 Å². The van der Waals surface area contributed by atoms with E-state index in [0.29, 0.717) is 22.2 Å². The molecule has 0 aliphatic carbocycles. The molecule has 1 heterocycles. The Bertz CT molecular complexity index is 1340. The first-order valence-electron chi connectivity index (χ1n) is 9.87. The van der Waals surface area contributed by atoms with Crippen LogP contribution in [-0.2, 0) is 4.79 Å². The summed E-state index contributed by atoms with van der Waals surface area (Å²) in [6.45, 7) is 0. The number of thioether (sulfide) groups is 1. The van der Waals surface area contributed by atoms with Gasteiger partial charge < -0.3 is 9.73 Å². The Labute approximate surface area is 203 Å². The summed E-state index contributed by atoms with van der Waals surface area (Å²) in [6.07, 6.45) is 1.74. The van der Waals surface area contributed by atoms with Crippen LogP contribution in [0.15, 0.2) is 87.4 Å². The van der Waals surface area contributed by atoms with E-state index >= 15 is 0 Å². The Balaban J connectivity index is 1.32. The number of aliphatic imine (C=N–C) groups is 1. The fourth-order valence-corrected chi connectivity index (χ4v) is 3.48. The number of aromatic nitrogens is 2. The monoisotopic (exact) mass is 493 g/mol. The van der Waals surface area contributed by atoms with Gasteiger partial charge in [0, 0.05) is 34.6 Å². The summed E-state index contributed by atoms with van der Waals surface area (Å²) in [4.78, 5) is 26.9. The van der Waals surface area contributed by atoms with E-state index in [0.717, 1.165) is 23.0 Å². The van der Waals surface area contributed by atoms with Crippen molar-refractivity contribution in [1.82, 2.24) is 10.2 Å². The number of anilines is 1. The Morgan fingerprint density at radius 1 is 1.12 bits per heavy atom. The van der Waals surface area contributed by atoms with Crippen LogP contribution in [-0.4, -0.2) is 33.0 Å². The summed E-state index contributed by atoms with van der Waals surface area (Å²) in [7, 11) is 0. The first-order chi connectivity index (χ1) is 16.5. The fourth-order valence-electron chi connectivity index (χ4n) is 2.79. The minimum absolute atomic E-state index is 0.00265. The molecular formula is C23H16ClN5O4S. The Hall–Kier alpha value is -4.02. The summed E-state index contributed by atoms with van der Waals surface area (Å²) >= 11 is 6.95. The number of halogens is 1. The van der Waals surface area contributed by atoms with Gasteiger partial charge in [-0.05, 0) is 48.0 Å². The van der Waals surface area contributed by atoms with Crippen molar-refractivity contribution in [2.24, 2.45) is 4.99 Å². The number of nitrogens with zero attached hydrogens (tertiary/aromatic N) is 4. The van der Waals surface area contributed by atoms with Gasteiger partial charge in [-0.3, -0.25) is 19.9 Å². The highest BCUT2D eigenvalue weighted by Crippen LogP contribution is 2.25. The number of benzene rings is 3. The predicted octanol–water partition coefficient (Wildman–Crippen LogP) is 5.78. The molecule has 1 N–H and O–H groups in total. The number of carbonyl (C=O) groups excluding carboxylic acids is 1. The normalized spacial score (nSPS) is 11.0. The average Bonchev–Trinajstić information content (AvgIpc) is 3.32. The third kappa shape index (κ3) is 6.27. The smallest absolute Gasteiger partial charge is 0.277 e. The maximum Gasteiger partial charge on any atom is 0.277 e. The van der Waals surface area contributed by atoms with Crippen molar-refractivity contribution in [1.29, 1.82) is 0 Å². The number of carbonyl (C=O) groups is 1. The van der Waals surface area contributed by atoms with Gasteiger partial charge in [-0.2, -0.15) is 0 Å². The molecule has 0 unspecified atom stereocenters. The number of non-ortho nitro benzene ring substituents is 1. The van der Waals surface area contributed by atoms with Crippen LogP contribution < -0.4 is 5.32 Å². The number of hydrogen-bond acceptors (Lipinski definition) is 8. The summed E-state index contributed by atoms with van der Waals surface area (Å²) in [5, 5.41) is 22.3. The van der Waals surface area contributed by atoms with E-state index in [2.05, 4.69) is 20.5 Å². The number of nitro groups is 1. The summed E-state index contributed by atoms with van der Waals surface area (Å²) in [5.74, 6) is -0.0363. The summed E-state index contributed by atoms with van der Waals surface area (Å²) in [6, 6.07) is 20.3. The van der Waals surface area contributed by atoms with Gasteiger partial charge in [-0.15, -0.1) is 10.2 Å². The molecule has 3 aromatic carbocycles. The first-order valence-corrected chi connectivity index (χ1v) is 11.2. The highest BCUT2D eigenvalue weighted by Gasteiger charge is 2.13. The fraction of sp³-hybridized carbons (Fsp3) is 0.0435. The summed E-state index contributed by atoms with van der Waals surface area (Å²) < 4.78 is 5.62. The molecule has 1 amide bonds. The van der Waals surface area contributed by atoms with Crippen molar-refractivity contribution in [3.8, 4) is 11.5 Å². The highest BCUT2D eigenvalue weighted by atomic mass is 35.5. The molecule has 4 aromatic rings. The highest BCUT2D eigenvalue weighted by molar-refractivity contribution is 7.99. The van der Waals surface area contributed by atoms with Crippen molar-refractivity contribution >= 4 is 52.5 Å². The van der Waals surface area contributed by atoms with E-state index in [1.165, 1.54) is 18.2 Å². The van der Waals surface area contributed by atoms with Crippen molar-refractivity contribution in [3.05, 3.63) is 93.5 Å². The van der Waals surface area contributed by atoms with Gasteiger partial charge in [0.05, 0.1) is 16.4 Å². The van der Waals surface area contributed by atoms with Crippen molar-refractivity contribution in [2.75, 3.05) is 11.1 Å². The zero-order valence-electron chi connectivity index (χ0n) is 17.4. The topological polar surface area (TPSA) is 124 Å². The lowest BCUT2D eigenvalue weighted by molar-refractivity contribution is -0.384. The lowest BCUT2D eigenvalue weighted by Crippen LogP contribution is -2.14. The Morgan fingerprint density at radius 3 is 2.62 bits per heavy atom. The number of amides is 1. The van der Waals surface area contributed by atoms with Crippen LogP contribution >= 0.6 is 23.4 Å². The minimum atomic E-state index is -0.525. The van der Waals surface area contributed by atoms with E-state index in [1.54, 1.807) is 24.4 Å². The lowest BCUT2D eigenvalue weighted by atomic mass is 10.2. The molecule has 0 radical (unpaired) electrons. The van der Waals surface area contributed by atoms with Crippen LogP contribution in [0, 0.1) is 10.1 Å². The molecule has 0 atom stereocenters. The van der Waals surface area contributed by atoms with E-state index in [4.69, 9.17) is 16.0 Å². The molecule has 0 aliphatic heterocycles. The van der Waals surface area contributed by atoms with Gasteiger partial charge in [-0.1, -0.05) is 41.6 Å². The van der Waals surface area contributed by atoms with Gasteiger partial charge in [0.15, 0.2) is 0 Å². The molecule has 9 nitrogen and oxygen atoms in total. The first kappa shape index (κ1) is 23.1. The number of rotatable bonds is 8. The number of nitrogens with one attached hydrogen (secondary N) is 1. The zero-order chi connectivity index (χ0) is 23.9. The van der Waals surface area contributed by atoms with Crippen molar-refractivity contribution < 1.29 is 14.1 Å². The molecule has 0 fully saturated rings. The maximum atomic E-state index is 12.2. The molecule has 0 bridgehead atoms. The molecular weight excluding hydrogens is 478 g/mol. The van der Waals surface area contributed by atoms with Gasteiger partial charge in [0.2, 0.25) is 11.8 Å². The molecule has 4 rings (SSSR count). The second kappa shape index (κ2) is 10.7. The van der Waals surface area contributed by atoms with E-state index in [-0.39, 0.29) is 22.6 Å². The molecule has 0 aliphatic rings. The van der Waals surface area contributed by atoms with Gasteiger partial charge in [0.1, 0.15) is 0 Å². The van der Waals surface area contributed by atoms with Crippen molar-refractivity contribution in [3.63, 3.8) is 0 Å². The molecule has 1 aromatic heterocycles. The molecule has 0 saturated carbocycles. The molecule has 34 heavy (non-hydrogen) atoms. The Morgan fingerprint density at radius 2 is 1.88 bits per heavy atom. The third-order valence-corrected chi connectivity index (χ3v) is 5.49. The predicted molar refractivity (Wildman–Crippen MR) is 131 cm³/mol. The van der Waals surface area contributed by atoms with E-state index in [9.17, 15) is 14.9 Å². The van der Waals surface area contributed by atoms with Crippen LogP contribution in [0.2, 0.25) is 5.02 Å². The Kier molecular flexibility index (Phi) is 7.31. The second-order valence-corrected chi connectivity index (χ2v) is 8.24. The SMILES string of the molecule is O=C(CSc1nnc(-c2ccc(N=Cc3ccc(Cl)cc3)cc2)o1)Nc1cccc([N+](=O)[O-])c1. The quantitative estimate of drug-likeness (QED) is 0.143. The molecule has 170 valence electrons. The minimum Gasteiger partial charge on any atom is -0.411 e. The summed E-state index contributed by atoms with van der Waals surface area (Å²) in [5.41, 5.74) is 2.64. The van der Waals surface area contributed by atoms with Crippen LogP contribution in [0.25, 0.3) is 11.5 Å². The molecule has 11 heteroatoms.